The van der Waals surface area contributed by atoms with Crippen LogP contribution in [0.25, 0.3) is 0 Å². The Bertz CT molecular complexity index is 457. The summed E-state index contributed by atoms with van der Waals surface area (Å²) in [5.41, 5.74) is -0.384. The van der Waals surface area contributed by atoms with Crippen molar-refractivity contribution in [1.29, 1.82) is 0 Å². The first-order chi connectivity index (χ1) is 9.30. The molecule has 1 amide bonds. The highest BCUT2D eigenvalue weighted by atomic mass is 32.2. The van der Waals surface area contributed by atoms with E-state index in [1.807, 2.05) is 32.9 Å². The summed E-state index contributed by atoms with van der Waals surface area (Å²) >= 11 is 1.43. The van der Waals surface area contributed by atoms with Gasteiger partial charge in [0.1, 0.15) is 0 Å². The van der Waals surface area contributed by atoms with Crippen molar-refractivity contribution in [2.75, 3.05) is 12.3 Å². The van der Waals surface area contributed by atoms with Crippen molar-refractivity contribution < 1.29 is 14.7 Å². The van der Waals surface area contributed by atoms with Gasteiger partial charge >= 0.3 is 5.97 Å². The third kappa shape index (κ3) is 5.61. The van der Waals surface area contributed by atoms with E-state index in [-0.39, 0.29) is 24.4 Å². The highest BCUT2D eigenvalue weighted by Crippen LogP contribution is 2.20. The molecule has 1 rings (SSSR count). The van der Waals surface area contributed by atoms with Crippen LogP contribution in [0.5, 0.6) is 0 Å². The lowest BCUT2D eigenvalue weighted by Crippen LogP contribution is -2.47. The van der Waals surface area contributed by atoms with E-state index in [0.717, 1.165) is 4.90 Å². The van der Waals surface area contributed by atoms with Gasteiger partial charge in [-0.25, -0.2) is 0 Å². The van der Waals surface area contributed by atoms with Crippen LogP contribution in [-0.2, 0) is 9.59 Å². The van der Waals surface area contributed by atoms with Crippen LogP contribution in [0.15, 0.2) is 29.4 Å². The Labute approximate surface area is 123 Å². The topological polar surface area (TPSA) is 70.5 Å². The second-order valence-electron chi connectivity index (χ2n) is 5.33. The average molecular weight is 296 g/mol. The first kappa shape index (κ1) is 16.5. The number of carbonyl (C=O) groups is 2. The highest BCUT2D eigenvalue weighted by molar-refractivity contribution is 8.00. The standard InChI is InChI=1S/C14H20N2O3S/c1-14(2,3)16(9-6-13(18)19)12(17)10-20-11-4-7-15-8-5-11/h4-5,7-8H,6,9-10H2,1-3H3,(H,18,19). The molecule has 0 aliphatic rings. The van der Waals surface area contributed by atoms with Crippen molar-refractivity contribution in [3.63, 3.8) is 0 Å². The van der Waals surface area contributed by atoms with Crippen molar-refractivity contribution >= 4 is 23.6 Å². The van der Waals surface area contributed by atoms with Crippen molar-refractivity contribution in [2.45, 2.75) is 37.6 Å². The van der Waals surface area contributed by atoms with Gasteiger partial charge in [-0.3, -0.25) is 14.6 Å². The lowest BCUT2D eigenvalue weighted by molar-refractivity contribution is -0.139. The number of carboxylic acid groups (broad SMARTS) is 1. The molecule has 0 spiro atoms. The third-order valence-electron chi connectivity index (χ3n) is 2.67. The van der Waals surface area contributed by atoms with Crippen LogP contribution >= 0.6 is 11.8 Å². The van der Waals surface area contributed by atoms with Crippen LogP contribution < -0.4 is 0 Å². The minimum Gasteiger partial charge on any atom is -0.481 e. The maximum Gasteiger partial charge on any atom is 0.305 e. The molecule has 5 nitrogen and oxygen atoms in total. The number of aromatic nitrogens is 1. The van der Waals surface area contributed by atoms with Gasteiger partial charge in [0.05, 0.1) is 12.2 Å². The van der Waals surface area contributed by atoms with Gasteiger partial charge in [-0.05, 0) is 32.9 Å². The number of carboxylic acids is 1. The fourth-order valence-electron chi connectivity index (χ4n) is 1.70. The number of hydrogen-bond donors (Lipinski definition) is 1. The summed E-state index contributed by atoms with van der Waals surface area (Å²) < 4.78 is 0. The number of rotatable bonds is 6. The van der Waals surface area contributed by atoms with Crippen molar-refractivity contribution in [1.82, 2.24) is 9.88 Å². The lowest BCUT2D eigenvalue weighted by Gasteiger charge is -2.35. The Morgan fingerprint density at radius 2 is 1.90 bits per heavy atom. The van der Waals surface area contributed by atoms with Gasteiger partial charge in [0.25, 0.3) is 0 Å². The number of hydrogen-bond acceptors (Lipinski definition) is 4. The SMILES string of the molecule is CC(C)(C)N(CCC(=O)O)C(=O)CSc1ccncc1. The zero-order valence-electron chi connectivity index (χ0n) is 12.0. The van der Waals surface area contributed by atoms with Crippen molar-refractivity contribution in [3.8, 4) is 0 Å². The molecule has 110 valence electrons. The molecule has 20 heavy (non-hydrogen) atoms. The molecule has 1 heterocycles. The van der Waals surface area contributed by atoms with Gasteiger partial charge < -0.3 is 10.0 Å². The molecule has 0 radical (unpaired) electrons. The van der Waals surface area contributed by atoms with Crippen LogP contribution in [0.2, 0.25) is 0 Å². The Balaban J connectivity index is 2.61. The second-order valence-corrected chi connectivity index (χ2v) is 6.38. The average Bonchev–Trinajstić information content (AvgIpc) is 2.35. The van der Waals surface area contributed by atoms with E-state index in [4.69, 9.17) is 5.11 Å². The molecule has 0 aliphatic carbocycles. The van der Waals surface area contributed by atoms with Crippen molar-refractivity contribution in [3.05, 3.63) is 24.5 Å². The molecule has 0 fully saturated rings. The Morgan fingerprint density at radius 3 is 2.40 bits per heavy atom. The fourth-order valence-corrected chi connectivity index (χ4v) is 2.46. The van der Waals surface area contributed by atoms with Gasteiger partial charge in [0.15, 0.2) is 0 Å². The zero-order chi connectivity index (χ0) is 15.2. The summed E-state index contributed by atoms with van der Waals surface area (Å²) in [6, 6.07) is 3.69. The van der Waals surface area contributed by atoms with E-state index in [2.05, 4.69) is 4.98 Å². The number of amides is 1. The molecule has 0 saturated heterocycles. The van der Waals surface area contributed by atoms with Crippen LogP contribution in [0.3, 0.4) is 0 Å². The largest absolute Gasteiger partial charge is 0.481 e. The highest BCUT2D eigenvalue weighted by Gasteiger charge is 2.26. The normalized spacial score (nSPS) is 11.2. The van der Waals surface area contributed by atoms with E-state index >= 15 is 0 Å². The molecule has 1 aromatic heterocycles. The second kappa shape index (κ2) is 7.28. The lowest BCUT2D eigenvalue weighted by atomic mass is 10.1. The van der Waals surface area contributed by atoms with E-state index < -0.39 is 5.97 Å². The fraction of sp³-hybridized carbons (Fsp3) is 0.500. The number of nitrogens with zero attached hydrogens (tertiary/aromatic N) is 2. The van der Waals surface area contributed by atoms with E-state index in [1.165, 1.54) is 11.8 Å². The molecule has 0 atom stereocenters. The molecule has 0 aromatic carbocycles. The molecule has 6 heteroatoms. The molecule has 1 N–H and O–H groups in total. The van der Waals surface area contributed by atoms with Crippen LogP contribution in [0, 0.1) is 0 Å². The molecule has 0 saturated carbocycles. The molecule has 0 bridgehead atoms. The summed E-state index contributed by atoms with van der Waals surface area (Å²) in [5, 5.41) is 8.77. The maximum atomic E-state index is 12.3. The Morgan fingerprint density at radius 1 is 1.30 bits per heavy atom. The van der Waals surface area contributed by atoms with Crippen molar-refractivity contribution in [2.24, 2.45) is 0 Å². The molecule has 0 aliphatic heterocycles. The summed E-state index contributed by atoms with van der Waals surface area (Å²) in [6.07, 6.45) is 3.32. The smallest absolute Gasteiger partial charge is 0.305 e. The number of carbonyl (C=O) groups excluding carboxylic acids is 1. The van der Waals surface area contributed by atoms with E-state index in [0.29, 0.717) is 5.75 Å². The third-order valence-corrected chi connectivity index (χ3v) is 3.67. The van der Waals surface area contributed by atoms with Gasteiger partial charge in [-0.2, -0.15) is 0 Å². The summed E-state index contributed by atoms with van der Waals surface area (Å²) in [6.45, 7) is 5.95. The quantitative estimate of drug-likeness (QED) is 0.815. The van der Waals surface area contributed by atoms with Crippen LogP contribution in [-0.4, -0.2) is 44.7 Å². The Hall–Kier alpha value is -1.56. The number of aliphatic carboxylic acids is 1. The molecule has 1 aromatic rings. The first-order valence-electron chi connectivity index (χ1n) is 6.36. The predicted octanol–water partition coefficient (Wildman–Crippen LogP) is 2.28. The van der Waals surface area contributed by atoms with Crippen LogP contribution in [0.1, 0.15) is 27.2 Å². The predicted molar refractivity (Wildman–Crippen MR) is 78.7 cm³/mol. The summed E-state index contributed by atoms with van der Waals surface area (Å²) in [7, 11) is 0. The molecular weight excluding hydrogens is 276 g/mol. The Kier molecular flexibility index (Phi) is 6.01. The molecule has 0 unspecified atom stereocenters. The van der Waals surface area contributed by atoms with Gasteiger partial charge in [-0.1, -0.05) is 0 Å². The first-order valence-corrected chi connectivity index (χ1v) is 7.34. The van der Waals surface area contributed by atoms with Gasteiger partial charge in [0, 0.05) is 29.4 Å². The zero-order valence-corrected chi connectivity index (χ0v) is 12.8. The van der Waals surface area contributed by atoms with E-state index in [1.54, 1.807) is 17.3 Å². The van der Waals surface area contributed by atoms with Crippen LogP contribution in [0.4, 0.5) is 0 Å². The van der Waals surface area contributed by atoms with E-state index in [9.17, 15) is 9.59 Å². The monoisotopic (exact) mass is 296 g/mol. The molecular formula is C14H20N2O3S. The summed E-state index contributed by atoms with van der Waals surface area (Å²) in [5.74, 6) is -0.657. The number of thioether (sulfide) groups is 1. The van der Waals surface area contributed by atoms with Gasteiger partial charge in [0.2, 0.25) is 5.91 Å². The minimum atomic E-state index is -0.895. The number of pyridine rings is 1. The summed E-state index contributed by atoms with van der Waals surface area (Å²) in [4.78, 5) is 29.5. The minimum absolute atomic E-state index is 0.0388. The van der Waals surface area contributed by atoms with Gasteiger partial charge in [-0.15, -0.1) is 11.8 Å². The maximum absolute atomic E-state index is 12.3.